The third kappa shape index (κ3) is 3.90. The maximum absolute atomic E-state index is 11.8. The lowest BCUT2D eigenvalue weighted by atomic mass is 9.95. The molecule has 0 aromatic carbocycles. The van der Waals surface area contributed by atoms with Gasteiger partial charge >= 0.3 is 0 Å². The topological polar surface area (TPSA) is 81.0 Å². The molecule has 136 valence electrons. The number of hydrogen-bond donors (Lipinski definition) is 0. The summed E-state index contributed by atoms with van der Waals surface area (Å²) in [7, 11) is -1.20. The Kier molecular flexibility index (Phi) is 4.92. The van der Waals surface area contributed by atoms with E-state index in [0.717, 1.165) is 47.6 Å². The maximum Gasteiger partial charge on any atom is 0.211 e. The molecule has 8 heteroatoms. The van der Waals surface area contributed by atoms with Gasteiger partial charge in [-0.05, 0) is 39.0 Å². The predicted octanol–water partition coefficient (Wildman–Crippen LogP) is 1.71. The lowest BCUT2D eigenvalue weighted by Crippen LogP contribution is -2.39. The van der Waals surface area contributed by atoms with Gasteiger partial charge in [0.2, 0.25) is 10.0 Å². The van der Waals surface area contributed by atoms with Crippen molar-refractivity contribution in [3.63, 3.8) is 0 Å². The van der Waals surface area contributed by atoms with Crippen molar-refractivity contribution in [3.05, 3.63) is 29.5 Å². The Labute approximate surface area is 149 Å². The maximum atomic E-state index is 11.8. The van der Waals surface area contributed by atoms with E-state index >= 15 is 0 Å². The van der Waals surface area contributed by atoms with Crippen LogP contribution in [0.25, 0.3) is 11.3 Å². The van der Waals surface area contributed by atoms with Gasteiger partial charge in [0.25, 0.3) is 0 Å². The zero-order valence-corrected chi connectivity index (χ0v) is 16.0. The van der Waals surface area contributed by atoms with Crippen LogP contribution in [0.5, 0.6) is 0 Å². The Hall–Kier alpha value is -1.80. The first-order valence-corrected chi connectivity index (χ1v) is 10.4. The van der Waals surface area contributed by atoms with E-state index in [1.165, 1.54) is 6.26 Å². The lowest BCUT2D eigenvalue weighted by molar-refractivity contribution is 0.265. The first-order chi connectivity index (χ1) is 11.8. The highest BCUT2D eigenvalue weighted by molar-refractivity contribution is 7.88. The molecule has 0 bridgehead atoms. The Bertz CT molecular complexity index is 875. The van der Waals surface area contributed by atoms with Crippen LogP contribution in [-0.4, -0.2) is 51.8 Å². The summed E-state index contributed by atoms with van der Waals surface area (Å²) in [6, 6.07) is 0. The number of nitrogens with zero attached hydrogens (tertiary/aromatic N) is 5. The van der Waals surface area contributed by atoms with Crippen LogP contribution in [0, 0.1) is 19.8 Å². The molecule has 0 aliphatic carbocycles. The molecule has 0 unspecified atom stereocenters. The van der Waals surface area contributed by atoms with Crippen molar-refractivity contribution in [1.29, 1.82) is 0 Å². The molecule has 1 atom stereocenters. The van der Waals surface area contributed by atoms with Crippen molar-refractivity contribution in [2.45, 2.75) is 33.1 Å². The summed E-state index contributed by atoms with van der Waals surface area (Å²) in [5.74, 6) is 0.282. The first-order valence-electron chi connectivity index (χ1n) is 8.52. The van der Waals surface area contributed by atoms with Crippen molar-refractivity contribution >= 4 is 10.0 Å². The average Bonchev–Trinajstić information content (AvgIpc) is 2.80. The van der Waals surface area contributed by atoms with Gasteiger partial charge in [-0.25, -0.2) is 17.7 Å². The second-order valence-corrected chi connectivity index (χ2v) is 8.88. The molecule has 3 heterocycles. The highest BCUT2D eigenvalue weighted by atomic mass is 32.2. The molecule has 1 saturated heterocycles. The molecule has 2 aromatic rings. The summed E-state index contributed by atoms with van der Waals surface area (Å²) < 4.78 is 27.0. The van der Waals surface area contributed by atoms with Crippen LogP contribution < -0.4 is 0 Å². The third-order valence-corrected chi connectivity index (χ3v) is 6.17. The fourth-order valence-corrected chi connectivity index (χ4v) is 4.50. The minimum Gasteiger partial charge on any atom is -0.272 e. The van der Waals surface area contributed by atoms with Gasteiger partial charge in [-0.2, -0.15) is 5.10 Å². The molecule has 25 heavy (non-hydrogen) atoms. The summed E-state index contributed by atoms with van der Waals surface area (Å²) in [4.78, 5) is 9.13. The van der Waals surface area contributed by atoms with Gasteiger partial charge in [-0.15, -0.1) is 0 Å². The predicted molar refractivity (Wildman–Crippen MR) is 96.6 cm³/mol. The van der Waals surface area contributed by atoms with Gasteiger partial charge < -0.3 is 0 Å². The van der Waals surface area contributed by atoms with E-state index in [9.17, 15) is 8.42 Å². The van der Waals surface area contributed by atoms with E-state index in [2.05, 4.69) is 10.1 Å². The Morgan fingerprint density at radius 1 is 1.28 bits per heavy atom. The summed E-state index contributed by atoms with van der Waals surface area (Å²) in [6.07, 6.45) is 7.48. The van der Waals surface area contributed by atoms with E-state index in [0.29, 0.717) is 13.1 Å². The second-order valence-electron chi connectivity index (χ2n) is 6.90. The third-order valence-electron chi connectivity index (χ3n) is 4.90. The molecule has 2 aromatic heterocycles. The zero-order valence-electron chi connectivity index (χ0n) is 15.2. The van der Waals surface area contributed by atoms with E-state index in [1.807, 2.05) is 25.6 Å². The minimum atomic E-state index is -3.12. The lowest BCUT2D eigenvalue weighted by Gasteiger charge is -2.30. The standard InChI is InChI=1S/C17H25N5O2S/c1-12-17(13(2)21(3)20-12)16-10-18-9-15(19-16)8-14-6-5-7-22(11-14)25(4,23)24/h9-10,14H,5-8,11H2,1-4H3/t14-/m1/s1. The molecule has 0 radical (unpaired) electrons. The average molecular weight is 363 g/mol. The van der Waals surface area contributed by atoms with Crippen molar-refractivity contribution in [3.8, 4) is 11.3 Å². The van der Waals surface area contributed by atoms with Gasteiger partial charge in [0.05, 0.1) is 29.5 Å². The van der Waals surface area contributed by atoms with E-state index in [4.69, 9.17) is 4.98 Å². The number of rotatable bonds is 4. The van der Waals surface area contributed by atoms with E-state index in [1.54, 1.807) is 16.7 Å². The molecule has 1 aliphatic heterocycles. The molecule has 0 saturated carbocycles. The Morgan fingerprint density at radius 2 is 2.04 bits per heavy atom. The molecular weight excluding hydrogens is 338 g/mol. The van der Waals surface area contributed by atoms with Crippen LogP contribution in [-0.2, 0) is 23.5 Å². The summed E-state index contributed by atoms with van der Waals surface area (Å²) in [5.41, 5.74) is 4.76. The monoisotopic (exact) mass is 363 g/mol. The fraction of sp³-hybridized carbons (Fsp3) is 0.588. The number of aromatic nitrogens is 4. The smallest absolute Gasteiger partial charge is 0.211 e. The highest BCUT2D eigenvalue weighted by Crippen LogP contribution is 2.26. The highest BCUT2D eigenvalue weighted by Gasteiger charge is 2.26. The van der Waals surface area contributed by atoms with Crippen molar-refractivity contribution in [2.24, 2.45) is 13.0 Å². The number of aryl methyl sites for hydroxylation is 2. The second kappa shape index (κ2) is 6.84. The Morgan fingerprint density at radius 3 is 2.68 bits per heavy atom. The van der Waals surface area contributed by atoms with Crippen molar-refractivity contribution < 1.29 is 8.42 Å². The van der Waals surface area contributed by atoms with Crippen molar-refractivity contribution in [2.75, 3.05) is 19.3 Å². The van der Waals surface area contributed by atoms with Crippen LogP contribution >= 0.6 is 0 Å². The van der Waals surface area contributed by atoms with Gasteiger partial charge in [0, 0.05) is 37.6 Å². The molecule has 1 aliphatic rings. The molecule has 0 spiro atoms. The van der Waals surface area contributed by atoms with Crippen LogP contribution in [0.1, 0.15) is 29.9 Å². The summed E-state index contributed by atoms with van der Waals surface area (Å²) >= 11 is 0. The van der Waals surface area contributed by atoms with Crippen molar-refractivity contribution in [1.82, 2.24) is 24.1 Å². The molecule has 1 fully saturated rings. The SMILES string of the molecule is Cc1nn(C)c(C)c1-c1cncc(C[C@H]2CCCN(S(C)(=O)=O)C2)n1. The minimum absolute atomic E-state index is 0.282. The largest absolute Gasteiger partial charge is 0.272 e. The number of hydrogen-bond acceptors (Lipinski definition) is 5. The molecule has 0 N–H and O–H groups in total. The van der Waals surface area contributed by atoms with Crippen LogP contribution in [0.3, 0.4) is 0 Å². The van der Waals surface area contributed by atoms with Gasteiger partial charge in [-0.1, -0.05) is 0 Å². The molecule has 7 nitrogen and oxygen atoms in total. The van der Waals surface area contributed by atoms with Crippen LogP contribution in [0.4, 0.5) is 0 Å². The van der Waals surface area contributed by atoms with Gasteiger partial charge in [0.1, 0.15) is 0 Å². The van der Waals surface area contributed by atoms with E-state index < -0.39 is 10.0 Å². The molecular formula is C17H25N5O2S. The molecule has 0 amide bonds. The summed E-state index contributed by atoms with van der Waals surface area (Å²) in [6.45, 7) is 5.18. The van der Waals surface area contributed by atoms with Gasteiger partial charge in [-0.3, -0.25) is 9.67 Å². The van der Waals surface area contributed by atoms with E-state index in [-0.39, 0.29) is 5.92 Å². The number of piperidine rings is 1. The number of sulfonamides is 1. The normalized spacial score (nSPS) is 19.3. The zero-order chi connectivity index (χ0) is 18.2. The van der Waals surface area contributed by atoms with Crippen LogP contribution in [0.2, 0.25) is 0 Å². The van der Waals surface area contributed by atoms with Crippen LogP contribution in [0.15, 0.2) is 12.4 Å². The first kappa shape index (κ1) is 18.0. The summed E-state index contributed by atoms with van der Waals surface area (Å²) in [5, 5.41) is 4.44. The van der Waals surface area contributed by atoms with Gasteiger partial charge in [0.15, 0.2) is 0 Å². The fourth-order valence-electron chi connectivity index (χ4n) is 3.56. The quantitative estimate of drug-likeness (QED) is 0.826. The molecule has 3 rings (SSSR count). The Balaban J connectivity index is 1.80.